The Morgan fingerprint density at radius 3 is 2.48 bits per heavy atom. The molecule has 0 amide bonds. The van der Waals surface area contributed by atoms with Gasteiger partial charge in [-0.25, -0.2) is 17.9 Å². The van der Waals surface area contributed by atoms with Crippen molar-refractivity contribution in [3.63, 3.8) is 0 Å². The number of nitrogens with one attached hydrogen (secondary N) is 1. The fourth-order valence-electron chi connectivity index (χ4n) is 2.19. The van der Waals surface area contributed by atoms with E-state index in [-0.39, 0.29) is 13.0 Å². The van der Waals surface area contributed by atoms with Crippen LogP contribution in [-0.2, 0) is 27.4 Å². The topological polar surface area (TPSA) is 92.7 Å². The maximum atomic E-state index is 12.7. The Balaban J connectivity index is 2.00. The van der Waals surface area contributed by atoms with E-state index < -0.39 is 39.2 Å². The van der Waals surface area contributed by atoms with Gasteiger partial charge >= 0.3 is 12.1 Å². The highest BCUT2D eigenvalue weighted by Gasteiger charge is 2.31. The van der Waals surface area contributed by atoms with Gasteiger partial charge in [0.25, 0.3) is 0 Å². The third-order valence-electron chi connectivity index (χ3n) is 3.44. The Hall–Kier alpha value is -2.59. The molecule has 0 bridgehead atoms. The van der Waals surface area contributed by atoms with Crippen LogP contribution in [0.1, 0.15) is 11.1 Å². The van der Waals surface area contributed by atoms with Crippen LogP contribution in [0.25, 0.3) is 0 Å². The molecule has 0 aromatic heterocycles. The first-order valence-corrected chi connectivity index (χ1v) is 9.17. The Morgan fingerprint density at radius 1 is 1.11 bits per heavy atom. The van der Waals surface area contributed by atoms with Crippen LogP contribution >= 0.6 is 0 Å². The third kappa shape index (κ3) is 6.26. The lowest BCUT2D eigenvalue weighted by molar-refractivity contribution is -0.139. The van der Waals surface area contributed by atoms with Gasteiger partial charge in [0.05, 0.1) is 10.5 Å². The zero-order valence-corrected chi connectivity index (χ0v) is 14.7. The van der Waals surface area contributed by atoms with Gasteiger partial charge in [-0.2, -0.15) is 13.2 Å². The number of sulfonamides is 1. The van der Waals surface area contributed by atoms with E-state index in [0.717, 1.165) is 18.2 Å². The second-order valence-corrected chi connectivity index (χ2v) is 7.27. The van der Waals surface area contributed by atoms with Crippen LogP contribution in [0.3, 0.4) is 0 Å². The molecule has 0 unspecified atom stereocenters. The molecule has 0 aliphatic carbocycles. The summed E-state index contributed by atoms with van der Waals surface area (Å²) in [6.45, 7) is -0.563. The van der Waals surface area contributed by atoms with Crippen LogP contribution in [0.4, 0.5) is 13.2 Å². The molecule has 0 heterocycles. The van der Waals surface area contributed by atoms with E-state index in [9.17, 15) is 26.4 Å². The molecule has 2 N–H and O–H groups in total. The molecule has 2 rings (SSSR count). The zero-order valence-electron chi connectivity index (χ0n) is 13.9. The van der Waals surface area contributed by atoms with Crippen molar-refractivity contribution in [2.45, 2.75) is 17.5 Å². The molecule has 0 aliphatic rings. The van der Waals surface area contributed by atoms with Gasteiger partial charge in [0, 0.05) is 6.54 Å². The normalized spacial score (nSPS) is 12.0. The van der Waals surface area contributed by atoms with E-state index >= 15 is 0 Å². The van der Waals surface area contributed by atoms with E-state index in [2.05, 4.69) is 4.72 Å². The number of hydrogen-bond acceptors (Lipinski definition) is 4. The molecule has 0 aliphatic heterocycles. The summed E-state index contributed by atoms with van der Waals surface area (Å²) < 4.78 is 69.8. The van der Waals surface area contributed by atoms with Gasteiger partial charge in [-0.1, -0.05) is 18.2 Å². The summed E-state index contributed by atoms with van der Waals surface area (Å²) >= 11 is 0. The number of rotatable bonds is 8. The van der Waals surface area contributed by atoms with Crippen molar-refractivity contribution in [1.29, 1.82) is 0 Å². The highest BCUT2D eigenvalue weighted by Crippen LogP contribution is 2.30. The molecule has 2 aromatic carbocycles. The Morgan fingerprint density at radius 2 is 1.81 bits per heavy atom. The van der Waals surface area contributed by atoms with Crippen molar-refractivity contribution in [3.8, 4) is 5.75 Å². The molecule has 0 spiro atoms. The van der Waals surface area contributed by atoms with Gasteiger partial charge in [0.1, 0.15) is 5.75 Å². The van der Waals surface area contributed by atoms with Gasteiger partial charge in [-0.3, -0.25) is 0 Å². The molecule has 0 atom stereocenters. The van der Waals surface area contributed by atoms with Crippen molar-refractivity contribution in [2.75, 3.05) is 13.2 Å². The largest absolute Gasteiger partial charge is 0.482 e. The summed E-state index contributed by atoms with van der Waals surface area (Å²) in [4.78, 5) is 10.0. The number of aliphatic carboxylic acids is 1. The lowest BCUT2D eigenvalue weighted by atomic mass is 10.1. The summed E-state index contributed by atoms with van der Waals surface area (Å²) in [6.07, 6.45) is -4.40. The van der Waals surface area contributed by atoms with E-state index in [1.807, 2.05) is 0 Å². The predicted molar refractivity (Wildman–Crippen MR) is 89.9 cm³/mol. The molecular weight excluding hydrogens is 387 g/mol. The van der Waals surface area contributed by atoms with Crippen LogP contribution in [-0.4, -0.2) is 32.6 Å². The molecule has 0 fully saturated rings. The van der Waals surface area contributed by atoms with Crippen molar-refractivity contribution >= 4 is 16.0 Å². The van der Waals surface area contributed by atoms with Crippen molar-refractivity contribution in [2.24, 2.45) is 0 Å². The lowest BCUT2D eigenvalue weighted by Crippen LogP contribution is -2.26. The number of ether oxygens (including phenoxy) is 1. The monoisotopic (exact) mass is 403 g/mol. The quantitative estimate of drug-likeness (QED) is 0.707. The van der Waals surface area contributed by atoms with Gasteiger partial charge in [-0.15, -0.1) is 0 Å². The third-order valence-corrected chi connectivity index (χ3v) is 4.90. The first-order chi connectivity index (χ1) is 12.6. The Bertz CT molecular complexity index is 913. The molecule has 2 aromatic rings. The van der Waals surface area contributed by atoms with E-state index in [0.29, 0.717) is 17.4 Å². The van der Waals surface area contributed by atoms with Gasteiger partial charge in [0.2, 0.25) is 10.0 Å². The van der Waals surface area contributed by atoms with Crippen molar-refractivity contribution < 1.29 is 36.2 Å². The summed E-state index contributed by atoms with van der Waals surface area (Å²) in [7, 11) is -4.10. The minimum absolute atomic E-state index is 0.0546. The average molecular weight is 403 g/mol. The van der Waals surface area contributed by atoms with Crippen LogP contribution in [0, 0.1) is 0 Å². The van der Waals surface area contributed by atoms with Crippen molar-refractivity contribution in [1.82, 2.24) is 4.72 Å². The smallest absolute Gasteiger partial charge is 0.416 e. The van der Waals surface area contributed by atoms with Gasteiger partial charge < -0.3 is 9.84 Å². The van der Waals surface area contributed by atoms with Crippen LogP contribution in [0.2, 0.25) is 0 Å². The molecular formula is C17H16F3NO5S. The van der Waals surface area contributed by atoms with Crippen LogP contribution in [0.5, 0.6) is 5.75 Å². The van der Waals surface area contributed by atoms with Crippen molar-refractivity contribution in [3.05, 3.63) is 59.7 Å². The number of carboxylic acids is 1. The molecule has 0 saturated carbocycles. The van der Waals surface area contributed by atoms with E-state index in [1.165, 1.54) is 0 Å². The summed E-state index contributed by atoms with van der Waals surface area (Å²) in [5.74, 6) is -0.815. The number of carboxylic acid groups (broad SMARTS) is 1. The highest BCUT2D eigenvalue weighted by molar-refractivity contribution is 7.89. The maximum Gasteiger partial charge on any atom is 0.416 e. The Kier molecular flexibility index (Phi) is 6.45. The molecule has 27 heavy (non-hydrogen) atoms. The van der Waals surface area contributed by atoms with E-state index in [1.54, 1.807) is 24.3 Å². The predicted octanol–water partition coefficient (Wildman–Crippen LogP) is 2.69. The van der Waals surface area contributed by atoms with Gasteiger partial charge in [-0.05, 0) is 42.3 Å². The number of alkyl halides is 3. The minimum atomic E-state index is -4.64. The average Bonchev–Trinajstić information content (AvgIpc) is 2.59. The first-order valence-electron chi connectivity index (χ1n) is 7.68. The molecule has 0 radical (unpaired) electrons. The first kappa shape index (κ1) is 20.7. The second-order valence-electron chi connectivity index (χ2n) is 5.50. The minimum Gasteiger partial charge on any atom is -0.482 e. The maximum absolute atomic E-state index is 12.7. The van der Waals surface area contributed by atoms with Gasteiger partial charge in [0.15, 0.2) is 6.61 Å². The number of hydrogen-bond donors (Lipinski definition) is 2. The number of benzene rings is 2. The molecule has 10 heteroatoms. The van der Waals surface area contributed by atoms with E-state index in [4.69, 9.17) is 9.84 Å². The molecule has 146 valence electrons. The lowest BCUT2D eigenvalue weighted by Gasteiger charge is -2.11. The number of halogens is 3. The summed E-state index contributed by atoms with van der Waals surface area (Å²) in [6, 6.07) is 9.89. The summed E-state index contributed by atoms with van der Waals surface area (Å²) in [5, 5.41) is 8.58. The van der Waals surface area contributed by atoms with Crippen LogP contribution < -0.4 is 9.46 Å². The zero-order chi connectivity index (χ0) is 20.1. The number of carbonyl (C=O) groups is 1. The Labute approximate surface area is 153 Å². The van der Waals surface area contributed by atoms with Crippen LogP contribution in [0.15, 0.2) is 53.4 Å². The highest BCUT2D eigenvalue weighted by atomic mass is 32.2. The molecule has 0 saturated heterocycles. The summed E-state index contributed by atoms with van der Waals surface area (Å²) in [5.41, 5.74) is -0.377. The second kappa shape index (κ2) is 8.40. The standard InChI is InChI=1S/C17H16F3NO5S/c18-17(19,20)13-4-2-6-15(10-13)27(24,25)21-8-7-12-3-1-5-14(9-12)26-11-16(22)23/h1-6,9-10,21H,7-8,11H2,(H,22,23). The fraction of sp³-hybridized carbons (Fsp3) is 0.235. The fourth-order valence-corrected chi connectivity index (χ4v) is 3.27. The molecule has 6 nitrogen and oxygen atoms in total. The SMILES string of the molecule is O=C(O)COc1cccc(CCNS(=O)(=O)c2cccc(C(F)(F)F)c2)c1.